The van der Waals surface area contributed by atoms with Gasteiger partial charge in [-0.25, -0.2) is 0 Å². The Morgan fingerprint density at radius 1 is 1.67 bits per heavy atom. The third kappa shape index (κ3) is 1.95. The molecule has 4 heteroatoms. The van der Waals surface area contributed by atoms with Crippen LogP contribution in [-0.4, -0.2) is 47.3 Å². The lowest BCUT2D eigenvalue weighted by atomic mass is 10.0. The highest BCUT2D eigenvalue weighted by Crippen LogP contribution is 2.23. The van der Waals surface area contributed by atoms with E-state index in [1.165, 1.54) is 0 Å². The molecule has 1 aliphatic rings. The second kappa shape index (κ2) is 3.87. The first kappa shape index (κ1) is 9.48. The molecule has 0 radical (unpaired) electrons. The van der Waals surface area contributed by atoms with Crippen LogP contribution in [0.4, 0.5) is 0 Å². The number of likely N-dealkylation sites (N-methyl/N-ethyl adjacent to an activating group) is 1. The van der Waals surface area contributed by atoms with Crippen molar-refractivity contribution >= 4 is 5.97 Å². The summed E-state index contributed by atoms with van der Waals surface area (Å²) in [7, 11) is 1.82. The topological polar surface area (TPSA) is 60.8 Å². The molecule has 0 aliphatic carbocycles. The first-order valence-corrected chi connectivity index (χ1v) is 4.19. The van der Waals surface area contributed by atoms with Crippen molar-refractivity contribution in [2.45, 2.75) is 18.9 Å². The van der Waals surface area contributed by atoms with Crippen LogP contribution >= 0.6 is 0 Å². The summed E-state index contributed by atoms with van der Waals surface area (Å²) in [4.78, 5) is 12.5. The van der Waals surface area contributed by atoms with Crippen molar-refractivity contribution in [1.29, 1.82) is 0 Å². The average Bonchev–Trinajstić information content (AvgIpc) is 2.32. The monoisotopic (exact) mass is 173 g/mol. The highest BCUT2D eigenvalue weighted by Gasteiger charge is 2.33. The number of hydrogen-bond acceptors (Lipinski definition) is 3. The van der Waals surface area contributed by atoms with E-state index in [1.807, 2.05) is 11.9 Å². The molecular weight excluding hydrogens is 158 g/mol. The SMILES string of the molecule is CN1CC(CCO)C[C@H]1C(=O)O. The summed E-state index contributed by atoms with van der Waals surface area (Å²) in [5, 5.41) is 17.4. The number of nitrogens with zero attached hydrogens (tertiary/aromatic N) is 1. The summed E-state index contributed by atoms with van der Waals surface area (Å²) >= 11 is 0. The standard InChI is InChI=1S/C8H15NO3/c1-9-5-6(2-3-10)4-7(9)8(11)12/h6-7,10H,2-5H2,1H3,(H,11,12)/t6?,7-/m0/s1. The summed E-state index contributed by atoms with van der Waals surface area (Å²) in [6.07, 6.45) is 1.39. The normalized spacial score (nSPS) is 30.8. The minimum absolute atomic E-state index is 0.158. The number of carbonyl (C=O) groups is 1. The van der Waals surface area contributed by atoms with E-state index in [0.717, 1.165) is 6.54 Å². The Hall–Kier alpha value is -0.610. The molecule has 0 spiro atoms. The van der Waals surface area contributed by atoms with Gasteiger partial charge in [0.1, 0.15) is 6.04 Å². The number of likely N-dealkylation sites (tertiary alicyclic amines) is 1. The fourth-order valence-electron chi connectivity index (χ4n) is 1.79. The number of rotatable bonds is 3. The van der Waals surface area contributed by atoms with Crippen molar-refractivity contribution in [3.05, 3.63) is 0 Å². The molecule has 1 saturated heterocycles. The number of aliphatic carboxylic acids is 1. The van der Waals surface area contributed by atoms with Crippen LogP contribution in [0.5, 0.6) is 0 Å². The smallest absolute Gasteiger partial charge is 0.320 e. The van der Waals surface area contributed by atoms with Crippen LogP contribution < -0.4 is 0 Å². The van der Waals surface area contributed by atoms with E-state index in [2.05, 4.69) is 0 Å². The first-order chi connectivity index (χ1) is 5.65. The second-order valence-corrected chi connectivity index (χ2v) is 3.41. The van der Waals surface area contributed by atoms with Crippen LogP contribution in [0.1, 0.15) is 12.8 Å². The van der Waals surface area contributed by atoms with Crippen molar-refractivity contribution in [2.24, 2.45) is 5.92 Å². The third-order valence-electron chi connectivity index (χ3n) is 2.46. The predicted molar refractivity (Wildman–Crippen MR) is 43.9 cm³/mol. The van der Waals surface area contributed by atoms with E-state index in [-0.39, 0.29) is 12.6 Å². The zero-order valence-corrected chi connectivity index (χ0v) is 7.23. The Kier molecular flexibility index (Phi) is 3.05. The molecule has 70 valence electrons. The van der Waals surface area contributed by atoms with Gasteiger partial charge in [-0.2, -0.15) is 0 Å². The van der Waals surface area contributed by atoms with Crippen molar-refractivity contribution in [3.8, 4) is 0 Å². The summed E-state index contributed by atoms with van der Waals surface area (Å²) in [5.41, 5.74) is 0. The Morgan fingerprint density at radius 2 is 2.33 bits per heavy atom. The predicted octanol–water partition coefficient (Wildman–Crippen LogP) is -0.226. The van der Waals surface area contributed by atoms with Crippen molar-refractivity contribution in [1.82, 2.24) is 4.90 Å². The molecule has 1 heterocycles. The maximum absolute atomic E-state index is 10.7. The molecule has 0 bridgehead atoms. The molecule has 1 unspecified atom stereocenters. The quantitative estimate of drug-likeness (QED) is 0.619. The van der Waals surface area contributed by atoms with E-state index >= 15 is 0 Å². The van der Waals surface area contributed by atoms with Gasteiger partial charge in [0, 0.05) is 13.2 Å². The Labute approximate surface area is 71.8 Å². The van der Waals surface area contributed by atoms with Gasteiger partial charge in [-0.15, -0.1) is 0 Å². The highest BCUT2D eigenvalue weighted by molar-refractivity contribution is 5.73. The maximum atomic E-state index is 10.7. The lowest BCUT2D eigenvalue weighted by Gasteiger charge is -2.13. The van der Waals surface area contributed by atoms with Gasteiger partial charge in [0.05, 0.1) is 0 Å². The van der Waals surface area contributed by atoms with Crippen molar-refractivity contribution in [2.75, 3.05) is 20.2 Å². The Balaban J connectivity index is 2.44. The largest absolute Gasteiger partial charge is 0.480 e. The lowest BCUT2D eigenvalue weighted by Crippen LogP contribution is -2.32. The minimum atomic E-state index is -0.752. The van der Waals surface area contributed by atoms with E-state index in [9.17, 15) is 4.79 Å². The fraction of sp³-hybridized carbons (Fsp3) is 0.875. The molecule has 2 atom stereocenters. The van der Waals surface area contributed by atoms with Crippen LogP contribution in [-0.2, 0) is 4.79 Å². The van der Waals surface area contributed by atoms with Gasteiger partial charge < -0.3 is 10.2 Å². The summed E-state index contributed by atoms with van der Waals surface area (Å²) in [6, 6.07) is -0.346. The van der Waals surface area contributed by atoms with Crippen LogP contribution in [0.2, 0.25) is 0 Å². The lowest BCUT2D eigenvalue weighted by molar-refractivity contribution is -0.141. The van der Waals surface area contributed by atoms with Gasteiger partial charge >= 0.3 is 5.97 Å². The zero-order valence-electron chi connectivity index (χ0n) is 7.23. The van der Waals surface area contributed by atoms with Crippen LogP contribution in [0.25, 0.3) is 0 Å². The molecule has 0 amide bonds. The van der Waals surface area contributed by atoms with Crippen LogP contribution in [0, 0.1) is 5.92 Å². The third-order valence-corrected chi connectivity index (χ3v) is 2.46. The molecule has 1 fully saturated rings. The summed E-state index contributed by atoms with van der Waals surface area (Å²) < 4.78 is 0. The Bertz CT molecular complexity index is 172. The molecule has 2 N–H and O–H groups in total. The molecule has 1 rings (SSSR count). The van der Waals surface area contributed by atoms with Gasteiger partial charge in [-0.1, -0.05) is 0 Å². The summed E-state index contributed by atoms with van der Waals surface area (Å²) in [5.74, 6) is -0.404. The second-order valence-electron chi connectivity index (χ2n) is 3.41. The van der Waals surface area contributed by atoms with Gasteiger partial charge in [-0.05, 0) is 25.8 Å². The molecule has 0 aromatic heterocycles. The maximum Gasteiger partial charge on any atom is 0.320 e. The van der Waals surface area contributed by atoms with E-state index in [0.29, 0.717) is 18.8 Å². The highest BCUT2D eigenvalue weighted by atomic mass is 16.4. The molecule has 4 nitrogen and oxygen atoms in total. The van der Waals surface area contributed by atoms with E-state index in [4.69, 9.17) is 10.2 Å². The molecule has 12 heavy (non-hydrogen) atoms. The van der Waals surface area contributed by atoms with E-state index in [1.54, 1.807) is 0 Å². The first-order valence-electron chi connectivity index (χ1n) is 4.19. The minimum Gasteiger partial charge on any atom is -0.480 e. The summed E-state index contributed by atoms with van der Waals surface area (Å²) in [6.45, 7) is 0.947. The molecular formula is C8H15NO3. The van der Waals surface area contributed by atoms with E-state index < -0.39 is 5.97 Å². The number of carboxylic acids is 1. The molecule has 0 aromatic rings. The average molecular weight is 173 g/mol. The molecule has 1 aliphatic heterocycles. The number of aliphatic hydroxyl groups is 1. The van der Waals surface area contributed by atoms with Crippen LogP contribution in [0.3, 0.4) is 0 Å². The van der Waals surface area contributed by atoms with Gasteiger partial charge in [0.2, 0.25) is 0 Å². The number of aliphatic hydroxyl groups excluding tert-OH is 1. The fourth-order valence-corrected chi connectivity index (χ4v) is 1.79. The van der Waals surface area contributed by atoms with Crippen LogP contribution in [0.15, 0.2) is 0 Å². The van der Waals surface area contributed by atoms with Gasteiger partial charge in [-0.3, -0.25) is 9.69 Å². The molecule has 0 saturated carbocycles. The Morgan fingerprint density at radius 3 is 2.75 bits per heavy atom. The van der Waals surface area contributed by atoms with Gasteiger partial charge in [0.15, 0.2) is 0 Å². The number of carboxylic acid groups (broad SMARTS) is 1. The van der Waals surface area contributed by atoms with Gasteiger partial charge in [0.25, 0.3) is 0 Å². The van der Waals surface area contributed by atoms with Crippen molar-refractivity contribution in [3.63, 3.8) is 0 Å². The zero-order chi connectivity index (χ0) is 9.14. The number of hydrogen-bond donors (Lipinski definition) is 2. The van der Waals surface area contributed by atoms with Crippen molar-refractivity contribution < 1.29 is 15.0 Å². The molecule has 0 aromatic carbocycles.